The minimum absolute atomic E-state index is 0.0115. The van der Waals surface area contributed by atoms with Crippen LogP contribution in [0.1, 0.15) is 5.56 Å². The van der Waals surface area contributed by atoms with Crippen LogP contribution in [-0.4, -0.2) is 55.6 Å². The van der Waals surface area contributed by atoms with Gasteiger partial charge in [-0.15, -0.1) is 0 Å². The maximum absolute atomic E-state index is 11.6. The van der Waals surface area contributed by atoms with Crippen LogP contribution in [0.5, 0.6) is 0 Å². The molecule has 0 aliphatic rings. The Morgan fingerprint density at radius 3 is 2.80 bits per heavy atom. The largest absolute Gasteiger partial charge is 0.395 e. The van der Waals surface area contributed by atoms with E-state index < -0.39 is 18.8 Å². The molecule has 2 atom stereocenters. The predicted octanol–water partition coefficient (Wildman–Crippen LogP) is -2.36. The van der Waals surface area contributed by atoms with Crippen LogP contribution in [0.2, 0.25) is 0 Å². The molecule has 0 aliphatic carbocycles. The molecule has 2 heterocycles. The number of rotatable bonds is 6. The van der Waals surface area contributed by atoms with Crippen LogP contribution >= 0.6 is 0 Å². The normalized spacial score (nSPS) is 14.6. The molecule has 8 N–H and O–H groups in total. The zero-order chi connectivity index (χ0) is 14.7. The molecule has 0 spiro atoms. The second kappa shape index (κ2) is 6.01. The van der Waals surface area contributed by atoms with Crippen molar-refractivity contribution in [1.82, 2.24) is 20.3 Å². The summed E-state index contributed by atoms with van der Waals surface area (Å²) in [7, 11) is 0. The van der Waals surface area contributed by atoms with Gasteiger partial charge in [-0.25, -0.2) is 4.98 Å². The molecular weight excluding hydrogens is 266 g/mol. The van der Waals surface area contributed by atoms with E-state index in [4.69, 9.17) is 15.9 Å². The third kappa shape index (κ3) is 2.80. The lowest BCUT2D eigenvalue weighted by Gasteiger charge is -2.20. The SMILES string of the molecule is Nc1nc2c(CN[C@H](CO)[C@@H](O)CO)c[nH]c2c(=O)[nH]1. The number of aromatic nitrogens is 3. The molecular formula is C11H17N5O4. The van der Waals surface area contributed by atoms with E-state index >= 15 is 0 Å². The Morgan fingerprint density at radius 1 is 1.40 bits per heavy atom. The van der Waals surface area contributed by atoms with E-state index in [0.717, 1.165) is 0 Å². The van der Waals surface area contributed by atoms with Gasteiger partial charge in [-0.05, 0) is 0 Å². The Balaban J connectivity index is 2.20. The number of nitrogens with one attached hydrogen (secondary N) is 3. The Kier molecular flexibility index (Phi) is 4.35. The van der Waals surface area contributed by atoms with Gasteiger partial charge in [-0.2, -0.15) is 0 Å². The molecule has 2 aromatic heterocycles. The lowest BCUT2D eigenvalue weighted by molar-refractivity contribution is 0.0411. The van der Waals surface area contributed by atoms with E-state index in [2.05, 4.69) is 20.3 Å². The fraction of sp³-hybridized carbons (Fsp3) is 0.455. The topological polar surface area (TPSA) is 160 Å². The summed E-state index contributed by atoms with van der Waals surface area (Å²) >= 11 is 0. The standard InChI is InChI=1S/C11H17N5O4/c12-11-15-8-5(2-14-9(8)10(20)16-11)1-13-6(3-17)7(19)4-18/h2,6-7,13-14,17-19H,1,3-4H2,(H3,12,15,16,20)/t6-,7+/m1/s1. The molecule has 0 amide bonds. The second-order valence-corrected chi connectivity index (χ2v) is 4.41. The molecule has 20 heavy (non-hydrogen) atoms. The lowest BCUT2D eigenvalue weighted by atomic mass is 10.1. The third-order valence-corrected chi connectivity index (χ3v) is 3.04. The first-order valence-corrected chi connectivity index (χ1v) is 6.05. The highest BCUT2D eigenvalue weighted by molar-refractivity contribution is 5.78. The first-order chi connectivity index (χ1) is 9.56. The lowest BCUT2D eigenvalue weighted by Crippen LogP contribution is -2.44. The van der Waals surface area contributed by atoms with E-state index in [1.54, 1.807) is 6.20 Å². The van der Waals surface area contributed by atoms with Crippen LogP contribution < -0.4 is 16.6 Å². The van der Waals surface area contributed by atoms with Crippen LogP contribution in [0.15, 0.2) is 11.0 Å². The highest BCUT2D eigenvalue weighted by Crippen LogP contribution is 2.13. The molecule has 9 nitrogen and oxygen atoms in total. The fourth-order valence-corrected chi connectivity index (χ4v) is 1.91. The molecule has 2 aromatic rings. The number of aliphatic hydroxyl groups is 3. The molecule has 0 bridgehead atoms. The van der Waals surface area contributed by atoms with Crippen LogP contribution in [0.3, 0.4) is 0 Å². The van der Waals surface area contributed by atoms with Crippen molar-refractivity contribution >= 4 is 17.0 Å². The number of hydrogen-bond donors (Lipinski definition) is 7. The Morgan fingerprint density at radius 2 is 2.15 bits per heavy atom. The van der Waals surface area contributed by atoms with Crippen molar-refractivity contribution in [2.24, 2.45) is 0 Å². The minimum Gasteiger partial charge on any atom is -0.395 e. The smallest absolute Gasteiger partial charge is 0.276 e. The number of fused-ring (bicyclic) bond motifs is 1. The highest BCUT2D eigenvalue weighted by Gasteiger charge is 2.18. The Bertz CT molecular complexity index is 637. The molecule has 9 heteroatoms. The number of nitrogen functional groups attached to an aromatic ring is 1. The Labute approximate surface area is 113 Å². The maximum atomic E-state index is 11.6. The molecule has 0 saturated heterocycles. The molecule has 110 valence electrons. The van der Waals surface area contributed by atoms with E-state index in [-0.39, 0.29) is 24.7 Å². The number of H-pyrrole nitrogens is 2. The summed E-state index contributed by atoms with van der Waals surface area (Å²) in [5, 5.41) is 30.3. The van der Waals surface area contributed by atoms with Crippen LogP contribution in [-0.2, 0) is 6.54 Å². The minimum atomic E-state index is -1.08. The van der Waals surface area contributed by atoms with Crippen molar-refractivity contribution in [3.05, 3.63) is 22.1 Å². The van der Waals surface area contributed by atoms with Crippen molar-refractivity contribution in [2.45, 2.75) is 18.7 Å². The first-order valence-electron chi connectivity index (χ1n) is 6.05. The second-order valence-electron chi connectivity index (χ2n) is 4.41. The summed E-state index contributed by atoms with van der Waals surface area (Å²) in [6, 6.07) is -0.677. The molecule has 0 aromatic carbocycles. The average Bonchev–Trinajstić information content (AvgIpc) is 2.82. The van der Waals surface area contributed by atoms with Gasteiger partial charge in [0.05, 0.1) is 25.4 Å². The summed E-state index contributed by atoms with van der Waals surface area (Å²) < 4.78 is 0. The van der Waals surface area contributed by atoms with E-state index in [1.807, 2.05) is 0 Å². The summed E-state index contributed by atoms with van der Waals surface area (Å²) in [5.74, 6) is 0.0115. The molecule has 0 aliphatic heterocycles. The summed E-state index contributed by atoms with van der Waals surface area (Å²) in [5.41, 5.74) is 6.52. The Hall–Kier alpha value is -1.94. The van der Waals surface area contributed by atoms with Crippen molar-refractivity contribution in [3.63, 3.8) is 0 Å². The highest BCUT2D eigenvalue weighted by atomic mass is 16.3. The monoisotopic (exact) mass is 283 g/mol. The molecule has 0 fully saturated rings. The zero-order valence-corrected chi connectivity index (χ0v) is 10.6. The number of nitrogens with two attached hydrogens (primary N) is 1. The summed E-state index contributed by atoms with van der Waals surface area (Å²) in [6.07, 6.45) is 0.519. The van der Waals surface area contributed by atoms with Crippen molar-refractivity contribution < 1.29 is 15.3 Å². The molecule has 0 unspecified atom stereocenters. The maximum Gasteiger partial charge on any atom is 0.276 e. The van der Waals surface area contributed by atoms with Gasteiger partial charge in [0.25, 0.3) is 5.56 Å². The number of aliphatic hydroxyl groups excluding tert-OH is 3. The van der Waals surface area contributed by atoms with Crippen LogP contribution in [0.4, 0.5) is 5.95 Å². The molecule has 2 rings (SSSR count). The summed E-state index contributed by atoms with van der Waals surface area (Å²) in [6.45, 7) is -0.546. The van der Waals surface area contributed by atoms with Crippen molar-refractivity contribution in [1.29, 1.82) is 0 Å². The van der Waals surface area contributed by atoms with E-state index in [1.165, 1.54) is 0 Å². The van der Waals surface area contributed by atoms with Gasteiger partial charge < -0.3 is 31.4 Å². The van der Waals surface area contributed by atoms with Gasteiger partial charge >= 0.3 is 0 Å². The predicted molar refractivity (Wildman–Crippen MR) is 71.9 cm³/mol. The van der Waals surface area contributed by atoms with Gasteiger partial charge in [-0.3, -0.25) is 9.78 Å². The number of aromatic amines is 2. The molecule has 0 radical (unpaired) electrons. The quantitative estimate of drug-likeness (QED) is 0.312. The first kappa shape index (κ1) is 14.5. The number of nitrogens with zero attached hydrogens (tertiary/aromatic N) is 1. The summed E-state index contributed by atoms with van der Waals surface area (Å²) in [4.78, 5) is 20.8. The van der Waals surface area contributed by atoms with Crippen LogP contribution in [0.25, 0.3) is 11.0 Å². The van der Waals surface area contributed by atoms with E-state index in [9.17, 15) is 9.90 Å². The van der Waals surface area contributed by atoms with Gasteiger partial charge in [0.15, 0.2) is 0 Å². The van der Waals surface area contributed by atoms with Crippen molar-refractivity contribution in [3.8, 4) is 0 Å². The molecule has 0 saturated carbocycles. The third-order valence-electron chi connectivity index (χ3n) is 3.04. The zero-order valence-electron chi connectivity index (χ0n) is 10.6. The van der Waals surface area contributed by atoms with Gasteiger partial charge in [0.1, 0.15) is 11.0 Å². The van der Waals surface area contributed by atoms with Crippen molar-refractivity contribution in [2.75, 3.05) is 18.9 Å². The van der Waals surface area contributed by atoms with E-state index in [0.29, 0.717) is 16.6 Å². The van der Waals surface area contributed by atoms with Gasteiger partial charge in [-0.1, -0.05) is 0 Å². The number of anilines is 1. The fourth-order valence-electron chi connectivity index (χ4n) is 1.91. The average molecular weight is 283 g/mol. The number of hydrogen-bond acceptors (Lipinski definition) is 7. The van der Waals surface area contributed by atoms with Gasteiger partial charge in [0, 0.05) is 18.3 Å². The van der Waals surface area contributed by atoms with Crippen LogP contribution in [0, 0.1) is 0 Å². The van der Waals surface area contributed by atoms with Gasteiger partial charge in [0.2, 0.25) is 5.95 Å².